The molecule has 1 aliphatic rings. The second-order valence-corrected chi connectivity index (χ2v) is 5.31. The molecule has 23 heavy (non-hydrogen) atoms. The van der Waals surface area contributed by atoms with Crippen molar-refractivity contribution in [2.24, 2.45) is 0 Å². The molecule has 1 saturated heterocycles. The van der Waals surface area contributed by atoms with E-state index in [-0.39, 0.29) is 11.9 Å². The van der Waals surface area contributed by atoms with Crippen molar-refractivity contribution < 1.29 is 9.59 Å². The zero-order valence-electron chi connectivity index (χ0n) is 12.3. The van der Waals surface area contributed by atoms with Gasteiger partial charge in [0.2, 0.25) is 5.95 Å². The van der Waals surface area contributed by atoms with Crippen molar-refractivity contribution in [1.82, 2.24) is 19.5 Å². The number of hydrogen-bond donors (Lipinski definition) is 0. The van der Waals surface area contributed by atoms with Gasteiger partial charge in [0.15, 0.2) is 5.65 Å². The van der Waals surface area contributed by atoms with Crippen LogP contribution in [-0.2, 0) is 4.79 Å². The van der Waals surface area contributed by atoms with Crippen LogP contribution in [0, 0.1) is 0 Å². The van der Waals surface area contributed by atoms with Gasteiger partial charge in [-0.05, 0) is 17.7 Å². The Kier molecular flexibility index (Phi) is 2.87. The summed E-state index contributed by atoms with van der Waals surface area (Å²) in [5.41, 5.74) is 1.35. The number of aromatic nitrogens is 3. The van der Waals surface area contributed by atoms with Crippen LogP contribution in [0.1, 0.15) is 11.6 Å². The number of anilines is 1. The van der Waals surface area contributed by atoms with E-state index in [2.05, 4.69) is 10.2 Å². The summed E-state index contributed by atoms with van der Waals surface area (Å²) < 4.78 is 1.62. The Morgan fingerprint density at radius 1 is 0.957 bits per heavy atom. The van der Waals surface area contributed by atoms with E-state index in [0.29, 0.717) is 5.65 Å². The fourth-order valence-electron chi connectivity index (χ4n) is 2.82. The van der Waals surface area contributed by atoms with Gasteiger partial charge in [0.25, 0.3) is 5.91 Å². The Hall–Kier alpha value is -3.22. The molecule has 114 valence electrons. The minimum Gasteiger partial charge on any atom is -0.311 e. The Morgan fingerprint density at radius 2 is 1.70 bits per heavy atom. The van der Waals surface area contributed by atoms with E-state index in [1.165, 1.54) is 4.90 Å². The molecule has 1 aliphatic heterocycles. The fraction of sp³-hybridized carbons (Fsp3) is 0.125. The summed E-state index contributed by atoms with van der Waals surface area (Å²) in [7, 11) is 1.61. The topological polar surface area (TPSA) is 70.8 Å². The van der Waals surface area contributed by atoms with Crippen molar-refractivity contribution in [3.05, 3.63) is 60.3 Å². The summed E-state index contributed by atoms with van der Waals surface area (Å²) in [4.78, 5) is 27.9. The maximum atomic E-state index is 12.9. The summed E-state index contributed by atoms with van der Waals surface area (Å²) in [5, 5.41) is 8.01. The summed E-state index contributed by atoms with van der Waals surface area (Å²) in [6.45, 7) is 0. The second-order valence-electron chi connectivity index (χ2n) is 5.31. The van der Waals surface area contributed by atoms with Crippen LogP contribution in [0.2, 0.25) is 0 Å². The molecule has 3 amide bonds. The number of amides is 3. The molecule has 3 aromatic rings. The molecule has 2 aromatic heterocycles. The molecule has 7 nitrogen and oxygen atoms in total. The number of likely N-dealkylation sites (N-methyl/N-ethyl adjacent to an activating group) is 1. The minimum atomic E-state index is -0.653. The largest absolute Gasteiger partial charge is 0.334 e. The van der Waals surface area contributed by atoms with E-state index in [4.69, 9.17) is 0 Å². The molecule has 0 N–H and O–H groups in total. The maximum absolute atomic E-state index is 12.9. The van der Waals surface area contributed by atoms with E-state index in [0.717, 1.165) is 10.5 Å². The number of imide groups is 1. The number of pyridine rings is 1. The monoisotopic (exact) mass is 307 g/mol. The average molecular weight is 307 g/mol. The zero-order chi connectivity index (χ0) is 16.0. The first-order chi connectivity index (χ1) is 11.2. The quantitative estimate of drug-likeness (QED) is 0.678. The molecule has 3 heterocycles. The van der Waals surface area contributed by atoms with E-state index in [1.807, 2.05) is 36.4 Å². The third-order valence-electron chi connectivity index (χ3n) is 3.95. The van der Waals surface area contributed by atoms with Gasteiger partial charge in [-0.25, -0.2) is 4.79 Å². The van der Waals surface area contributed by atoms with E-state index in [1.54, 1.807) is 29.8 Å². The van der Waals surface area contributed by atoms with Gasteiger partial charge in [-0.3, -0.25) is 9.20 Å². The Morgan fingerprint density at radius 3 is 2.48 bits per heavy atom. The van der Waals surface area contributed by atoms with Crippen LogP contribution in [0.15, 0.2) is 54.7 Å². The molecule has 0 aliphatic carbocycles. The molecule has 0 radical (unpaired) electrons. The summed E-state index contributed by atoms with van der Waals surface area (Å²) >= 11 is 0. The normalized spacial score (nSPS) is 18.2. The summed E-state index contributed by atoms with van der Waals surface area (Å²) in [5.74, 6) is -0.122. The third kappa shape index (κ3) is 1.90. The van der Waals surface area contributed by atoms with Crippen LogP contribution >= 0.6 is 0 Å². The predicted molar refractivity (Wildman–Crippen MR) is 82.8 cm³/mol. The van der Waals surface area contributed by atoms with Gasteiger partial charge in [-0.2, -0.15) is 4.90 Å². The molecule has 0 bridgehead atoms. The van der Waals surface area contributed by atoms with Gasteiger partial charge >= 0.3 is 6.03 Å². The molecular formula is C16H13N5O2. The minimum absolute atomic E-state index is 0.209. The number of fused-ring (bicyclic) bond motifs is 1. The number of carbonyl (C=O) groups excluding carboxylic acids is 2. The highest BCUT2D eigenvalue weighted by Crippen LogP contribution is 2.32. The van der Waals surface area contributed by atoms with Gasteiger partial charge in [0, 0.05) is 13.2 Å². The number of carbonyl (C=O) groups is 2. The lowest BCUT2D eigenvalue weighted by Gasteiger charge is -2.15. The van der Waals surface area contributed by atoms with Crippen molar-refractivity contribution in [2.75, 3.05) is 11.9 Å². The molecule has 7 heteroatoms. The number of benzene rings is 1. The van der Waals surface area contributed by atoms with Crippen LogP contribution in [0.25, 0.3) is 5.65 Å². The van der Waals surface area contributed by atoms with Crippen LogP contribution in [0.3, 0.4) is 0 Å². The summed E-state index contributed by atoms with van der Waals surface area (Å²) in [6, 6.07) is 13.5. The van der Waals surface area contributed by atoms with Gasteiger partial charge in [-0.1, -0.05) is 36.4 Å². The van der Waals surface area contributed by atoms with Gasteiger partial charge in [0.1, 0.15) is 6.04 Å². The highest BCUT2D eigenvalue weighted by atomic mass is 16.2. The van der Waals surface area contributed by atoms with Crippen molar-refractivity contribution in [3.8, 4) is 0 Å². The fourth-order valence-corrected chi connectivity index (χ4v) is 2.82. The highest BCUT2D eigenvalue weighted by molar-refractivity contribution is 6.20. The van der Waals surface area contributed by atoms with Crippen LogP contribution < -0.4 is 4.90 Å². The number of urea groups is 1. The first-order valence-electron chi connectivity index (χ1n) is 7.14. The van der Waals surface area contributed by atoms with E-state index in [9.17, 15) is 9.59 Å². The molecule has 1 unspecified atom stereocenters. The molecule has 1 fully saturated rings. The first-order valence-corrected chi connectivity index (χ1v) is 7.14. The van der Waals surface area contributed by atoms with Gasteiger partial charge < -0.3 is 4.90 Å². The average Bonchev–Trinajstić information content (AvgIpc) is 3.08. The summed E-state index contributed by atoms with van der Waals surface area (Å²) in [6.07, 6.45) is 1.72. The predicted octanol–water partition coefficient (Wildman–Crippen LogP) is 1.87. The molecule has 0 saturated carbocycles. The maximum Gasteiger partial charge on any atom is 0.334 e. The molecule has 4 rings (SSSR count). The SMILES string of the molecule is CN1C(=O)N(c2nnc3ccccn23)C(=O)C1c1ccccc1. The zero-order valence-corrected chi connectivity index (χ0v) is 12.3. The second kappa shape index (κ2) is 4.91. The molecule has 0 spiro atoms. The Labute approximate surface area is 131 Å². The lowest BCUT2D eigenvalue weighted by Crippen LogP contribution is -2.33. The standard InChI is InChI=1S/C16H13N5O2/c1-19-13(11-7-3-2-4-8-11)14(22)21(16(19)23)15-18-17-12-9-5-6-10-20(12)15/h2-10,13H,1H3. The van der Waals surface area contributed by atoms with Crippen LogP contribution in [-0.4, -0.2) is 38.5 Å². The smallest absolute Gasteiger partial charge is 0.311 e. The van der Waals surface area contributed by atoms with Gasteiger partial charge in [0.05, 0.1) is 0 Å². The molecule has 1 atom stereocenters. The number of rotatable bonds is 2. The lowest BCUT2D eigenvalue weighted by atomic mass is 10.1. The van der Waals surface area contributed by atoms with Crippen molar-refractivity contribution in [2.45, 2.75) is 6.04 Å². The van der Waals surface area contributed by atoms with Crippen molar-refractivity contribution in [1.29, 1.82) is 0 Å². The van der Waals surface area contributed by atoms with E-state index < -0.39 is 12.1 Å². The van der Waals surface area contributed by atoms with Crippen LogP contribution in [0.5, 0.6) is 0 Å². The van der Waals surface area contributed by atoms with Crippen molar-refractivity contribution in [3.63, 3.8) is 0 Å². The van der Waals surface area contributed by atoms with Gasteiger partial charge in [-0.15, -0.1) is 10.2 Å². The number of nitrogens with zero attached hydrogens (tertiary/aromatic N) is 5. The first kappa shape index (κ1) is 13.4. The Balaban J connectivity index is 1.81. The Bertz CT molecular complexity index is 905. The lowest BCUT2D eigenvalue weighted by molar-refractivity contribution is -0.119. The highest BCUT2D eigenvalue weighted by Gasteiger charge is 2.46. The third-order valence-corrected chi connectivity index (χ3v) is 3.95. The molecule has 1 aromatic carbocycles. The number of hydrogen-bond acceptors (Lipinski definition) is 4. The van der Waals surface area contributed by atoms with Crippen molar-refractivity contribution >= 4 is 23.5 Å². The van der Waals surface area contributed by atoms with E-state index >= 15 is 0 Å². The molecular weight excluding hydrogens is 294 g/mol. The van der Waals surface area contributed by atoms with Crippen LogP contribution in [0.4, 0.5) is 10.7 Å².